The van der Waals surface area contributed by atoms with E-state index in [1.54, 1.807) is 27.8 Å². The maximum Gasteiger partial charge on any atom is 0.259 e. The first-order chi connectivity index (χ1) is 11.1. The molecule has 0 aliphatic carbocycles. The van der Waals surface area contributed by atoms with Gasteiger partial charge in [0.2, 0.25) is 0 Å². The largest absolute Gasteiger partial charge is 0.320 e. The fourth-order valence-electron chi connectivity index (χ4n) is 2.68. The number of nitrogens with zero attached hydrogens (tertiary/aromatic N) is 5. The third kappa shape index (κ3) is 2.13. The molecule has 4 aromatic heterocycles. The Balaban J connectivity index is 1.70. The molecule has 0 saturated heterocycles. The van der Waals surface area contributed by atoms with E-state index in [0.717, 1.165) is 22.2 Å². The molecule has 1 N–H and O–H groups in total. The van der Waals surface area contributed by atoms with Crippen molar-refractivity contribution in [3.63, 3.8) is 0 Å². The lowest BCUT2D eigenvalue weighted by molar-refractivity contribution is 0.102. The van der Waals surface area contributed by atoms with E-state index in [-0.39, 0.29) is 5.91 Å². The van der Waals surface area contributed by atoms with Crippen molar-refractivity contribution in [1.29, 1.82) is 0 Å². The quantitative estimate of drug-likeness (QED) is 0.616. The number of aryl methyl sites for hydroxylation is 2. The van der Waals surface area contributed by atoms with Crippen molar-refractivity contribution in [1.82, 2.24) is 24.4 Å². The zero-order chi connectivity index (χ0) is 16.0. The predicted octanol–water partition coefficient (Wildman–Crippen LogP) is 2.18. The first-order valence-corrected chi connectivity index (χ1v) is 7.16. The molecule has 0 aliphatic rings. The third-order valence-corrected chi connectivity index (χ3v) is 3.79. The van der Waals surface area contributed by atoms with Gasteiger partial charge in [0.15, 0.2) is 5.65 Å². The van der Waals surface area contributed by atoms with Crippen LogP contribution in [0.3, 0.4) is 0 Å². The minimum absolute atomic E-state index is 0.214. The molecule has 0 atom stereocenters. The zero-order valence-corrected chi connectivity index (χ0v) is 12.7. The number of rotatable bonds is 2. The van der Waals surface area contributed by atoms with Gasteiger partial charge < -0.3 is 5.32 Å². The number of nitrogens with one attached hydrogen (secondary N) is 1. The standard InChI is InChI=1S/C16H14N6O/c1-10-12-7-11(8-17-15(12)21(2)20-10)19-16(23)13-9-18-22-6-4-3-5-14(13)22/h3-9H,1-2H3,(H,19,23). The molecule has 0 aromatic carbocycles. The lowest BCUT2D eigenvalue weighted by atomic mass is 10.2. The molecule has 4 aromatic rings. The van der Waals surface area contributed by atoms with Crippen molar-refractivity contribution in [3.05, 3.63) is 54.1 Å². The molecule has 0 spiro atoms. The van der Waals surface area contributed by atoms with Crippen LogP contribution in [-0.2, 0) is 7.05 Å². The van der Waals surface area contributed by atoms with Gasteiger partial charge in [-0.2, -0.15) is 10.2 Å². The van der Waals surface area contributed by atoms with Crippen LogP contribution in [-0.4, -0.2) is 30.3 Å². The second-order valence-electron chi connectivity index (χ2n) is 5.35. The molecule has 0 fully saturated rings. The Morgan fingerprint density at radius 1 is 1.26 bits per heavy atom. The summed E-state index contributed by atoms with van der Waals surface area (Å²) in [6.45, 7) is 1.92. The maximum atomic E-state index is 12.5. The molecule has 0 unspecified atom stereocenters. The molecular weight excluding hydrogens is 292 g/mol. The van der Waals surface area contributed by atoms with E-state index < -0.39 is 0 Å². The zero-order valence-electron chi connectivity index (χ0n) is 12.7. The molecule has 0 aliphatic heterocycles. The van der Waals surface area contributed by atoms with Crippen molar-refractivity contribution in [2.45, 2.75) is 6.92 Å². The molecule has 0 saturated carbocycles. The summed E-state index contributed by atoms with van der Waals surface area (Å²) in [6.07, 6.45) is 5.00. The third-order valence-electron chi connectivity index (χ3n) is 3.79. The molecule has 0 radical (unpaired) electrons. The number of amides is 1. The van der Waals surface area contributed by atoms with Gasteiger partial charge in [0, 0.05) is 18.6 Å². The summed E-state index contributed by atoms with van der Waals surface area (Å²) >= 11 is 0. The predicted molar refractivity (Wildman–Crippen MR) is 86.4 cm³/mol. The Morgan fingerprint density at radius 3 is 3.00 bits per heavy atom. The molecule has 1 amide bonds. The fraction of sp³-hybridized carbons (Fsp3) is 0.125. The SMILES string of the molecule is Cc1nn(C)c2ncc(NC(=O)c3cnn4ccccc34)cc12. The van der Waals surface area contributed by atoms with E-state index in [0.29, 0.717) is 11.3 Å². The average Bonchev–Trinajstić information content (AvgIpc) is 3.09. The number of fused-ring (bicyclic) bond motifs is 2. The Labute approximate surface area is 131 Å². The van der Waals surface area contributed by atoms with Gasteiger partial charge in [-0.3, -0.25) is 9.48 Å². The first kappa shape index (κ1) is 13.4. The molecule has 4 heterocycles. The van der Waals surface area contributed by atoms with Gasteiger partial charge in [-0.15, -0.1) is 0 Å². The minimum Gasteiger partial charge on any atom is -0.320 e. The van der Waals surface area contributed by atoms with Crippen molar-refractivity contribution in [2.75, 3.05) is 5.32 Å². The van der Waals surface area contributed by atoms with Gasteiger partial charge in [0.25, 0.3) is 5.91 Å². The average molecular weight is 306 g/mol. The maximum absolute atomic E-state index is 12.5. The van der Waals surface area contributed by atoms with Gasteiger partial charge in [0.1, 0.15) is 0 Å². The Kier molecular flexibility index (Phi) is 2.87. The summed E-state index contributed by atoms with van der Waals surface area (Å²) < 4.78 is 3.39. The van der Waals surface area contributed by atoms with Gasteiger partial charge in [-0.25, -0.2) is 9.50 Å². The Hall–Kier alpha value is -3.22. The summed E-state index contributed by atoms with van der Waals surface area (Å²) in [4.78, 5) is 16.9. The Morgan fingerprint density at radius 2 is 2.13 bits per heavy atom. The van der Waals surface area contributed by atoms with Crippen LogP contribution in [0.2, 0.25) is 0 Å². The number of hydrogen-bond donors (Lipinski definition) is 1. The summed E-state index contributed by atoms with van der Waals surface area (Å²) in [5.41, 5.74) is 3.58. The topological polar surface area (TPSA) is 77.1 Å². The normalized spacial score (nSPS) is 11.2. The Bertz CT molecular complexity index is 1050. The van der Waals surface area contributed by atoms with Crippen LogP contribution in [0.4, 0.5) is 5.69 Å². The van der Waals surface area contributed by atoms with Crippen LogP contribution in [0, 0.1) is 6.92 Å². The van der Waals surface area contributed by atoms with E-state index in [2.05, 4.69) is 20.5 Å². The fourth-order valence-corrected chi connectivity index (χ4v) is 2.68. The van der Waals surface area contributed by atoms with E-state index in [1.165, 1.54) is 0 Å². The molecule has 7 heteroatoms. The highest BCUT2D eigenvalue weighted by molar-refractivity contribution is 6.09. The number of carbonyl (C=O) groups excluding carboxylic acids is 1. The highest BCUT2D eigenvalue weighted by atomic mass is 16.1. The van der Waals surface area contributed by atoms with Crippen molar-refractivity contribution >= 4 is 28.1 Å². The number of pyridine rings is 2. The van der Waals surface area contributed by atoms with E-state index in [1.807, 2.05) is 38.2 Å². The lowest BCUT2D eigenvalue weighted by Gasteiger charge is -2.04. The number of carbonyl (C=O) groups is 1. The smallest absolute Gasteiger partial charge is 0.259 e. The van der Waals surface area contributed by atoms with E-state index in [9.17, 15) is 4.79 Å². The molecule has 114 valence electrons. The van der Waals surface area contributed by atoms with Crippen LogP contribution in [0.1, 0.15) is 16.1 Å². The van der Waals surface area contributed by atoms with Crippen LogP contribution in [0.5, 0.6) is 0 Å². The number of anilines is 1. The molecule has 23 heavy (non-hydrogen) atoms. The summed E-state index contributed by atoms with van der Waals surface area (Å²) in [5, 5.41) is 12.3. The highest BCUT2D eigenvalue weighted by Gasteiger charge is 2.14. The minimum atomic E-state index is -0.214. The highest BCUT2D eigenvalue weighted by Crippen LogP contribution is 2.20. The van der Waals surface area contributed by atoms with Crippen LogP contribution in [0.15, 0.2) is 42.9 Å². The van der Waals surface area contributed by atoms with E-state index >= 15 is 0 Å². The van der Waals surface area contributed by atoms with Crippen molar-refractivity contribution in [3.8, 4) is 0 Å². The first-order valence-electron chi connectivity index (χ1n) is 7.16. The van der Waals surface area contributed by atoms with Gasteiger partial charge in [-0.1, -0.05) is 6.07 Å². The molecule has 0 bridgehead atoms. The lowest BCUT2D eigenvalue weighted by Crippen LogP contribution is -2.11. The van der Waals surface area contributed by atoms with Gasteiger partial charge >= 0.3 is 0 Å². The molecule has 4 rings (SSSR count). The van der Waals surface area contributed by atoms with Gasteiger partial charge in [-0.05, 0) is 25.1 Å². The monoisotopic (exact) mass is 306 g/mol. The number of hydrogen-bond acceptors (Lipinski definition) is 4. The molecular formula is C16H14N6O. The van der Waals surface area contributed by atoms with Gasteiger partial charge in [0.05, 0.1) is 34.9 Å². The molecule has 7 nitrogen and oxygen atoms in total. The summed E-state index contributed by atoms with van der Waals surface area (Å²) in [6, 6.07) is 7.48. The van der Waals surface area contributed by atoms with Crippen LogP contribution < -0.4 is 5.32 Å². The van der Waals surface area contributed by atoms with Crippen LogP contribution >= 0.6 is 0 Å². The second kappa shape index (κ2) is 4.91. The number of aromatic nitrogens is 5. The van der Waals surface area contributed by atoms with Crippen molar-refractivity contribution < 1.29 is 4.79 Å². The van der Waals surface area contributed by atoms with E-state index in [4.69, 9.17) is 0 Å². The van der Waals surface area contributed by atoms with Crippen LogP contribution in [0.25, 0.3) is 16.6 Å². The summed E-state index contributed by atoms with van der Waals surface area (Å²) in [7, 11) is 1.85. The summed E-state index contributed by atoms with van der Waals surface area (Å²) in [5.74, 6) is -0.214. The van der Waals surface area contributed by atoms with Crippen molar-refractivity contribution in [2.24, 2.45) is 7.05 Å². The second-order valence-corrected chi connectivity index (χ2v) is 5.35.